The summed E-state index contributed by atoms with van der Waals surface area (Å²) in [6.45, 7) is 5.10. The number of nitrogens with two attached hydrogens (primary N) is 1. The Balaban J connectivity index is 1.40. The van der Waals surface area contributed by atoms with Gasteiger partial charge in [-0.3, -0.25) is 14.2 Å². The van der Waals surface area contributed by atoms with Gasteiger partial charge in [-0.25, -0.2) is 9.97 Å². The molecule has 34 heavy (non-hydrogen) atoms. The first-order valence-electron chi connectivity index (χ1n) is 10.9. The van der Waals surface area contributed by atoms with E-state index in [1.807, 2.05) is 43.5 Å². The zero-order valence-corrected chi connectivity index (χ0v) is 19.7. The van der Waals surface area contributed by atoms with Crippen molar-refractivity contribution >= 4 is 34.6 Å². The van der Waals surface area contributed by atoms with Gasteiger partial charge in [-0.1, -0.05) is 0 Å². The van der Waals surface area contributed by atoms with Crippen LogP contribution in [-0.2, 0) is 13.0 Å². The van der Waals surface area contributed by atoms with Gasteiger partial charge in [0.25, 0.3) is 11.5 Å². The minimum Gasteiger partial charge on any atom is -0.368 e. The second-order valence-electron chi connectivity index (χ2n) is 8.33. The Morgan fingerprint density at radius 1 is 1.12 bits per heavy atom. The van der Waals surface area contributed by atoms with Crippen LogP contribution in [0.3, 0.4) is 0 Å². The van der Waals surface area contributed by atoms with Crippen LogP contribution in [-0.4, -0.2) is 27.0 Å². The van der Waals surface area contributed by atoms with Crippen molar-refractivity contribution in [2.75, 3.05) is 22.5 Å². The Hall–Kier alpha value is -3.98. The lowest BCUT2D eigenvalue weighted by atomic mass is 10.1. The van der Waals surface area contributed by atoms with Gasteiger partial charge >= 0.3 is 0 Å². The SMILES string of the molecule is Cc1ccsc1C(=O)Nc1ccc(-n2ccc(C)c(N3CCc4nc(N)ncc4C3)c2=O)cc1. The first kappa shape index (κ1) is 21.8. The third kappa shape index (κ3) is 4.06. The van der Waals surface area contributed by atoms with Crippen molar-refractivity contribution < 1.29 is 4.79 Å². The Labute approximate surface area is 200 Å². The smallest absolute Gasteiger partial charge is 0.278 e. The van der Waals surface area contributed by atoms with Gasteiger partial charge in [0.05, 0.1) is 10.6 Å². The van der Waals surface area contributed by atoms with Gasteiger partial charge < -0.3 is 16.0 Å². The number of nitrogens with zero attached hydrogens (tertiary/aromatic N) is 4. The maximum absolute atomic E-state index is 13.5. The third-order valence-corrected chi connectivity index (χ3v) is 7.02. The van der Waals surface area contributed by atoms with E-state index in [1.54, 1.807) is 29.1 Å². The topological polar surface area (TPSA) is 106 Å². The molecule has 8 nitrogen and oxygen atoms in total. The summed E-state index contributed by atoms with van der Waals surface area (Å²) < 4.78 is 1.63. The Kier molecular flexibility index (Phi) is 5.62. The van der Waals surface area contributed by atoms with Gasteiger partial charge in [0.15, 0.2) is 0 Å². The number of aromatic nitrogens is 3. The molecule has 1 amide bonds. The van der Waals surface area contributed by atoms with Crippen LogP contribution < -0.4 is 21.5 Å². The Bertz CT molecular complexity index is 1440. The third-order valence-electron chi connectivity index (χ3n) is 6.01. The Morgan fingerprint density at radius 2 is 1.91 bits per heavy atom. The Morgan fingerprint density at radius 3 is 2.65 bits per heavy atom. The van der Waals surface area contributed by atoms with E-state index in [0.29, 0.717) is 35.8 Å². The van der Waals surface area contributed by atoms with Crippen molar-refractivity contribution in [1.29, 1.82) is 0 Å². The van der Waals surface area contributed by atoms with E-state index in [1.165, 1.54) is 11.3 Å². The monoisotopic (exact) mass is 472 g/mol. The number of carbonyl (C=O) groups excluding carboxylic acids is 1. The summed E-state index contributed by atoms with van der Waals surface area (Å²) in [6.07, 6.45) is 4.23. The van der Waals surface area contributed by atoms with Crippen molar-refractivity contribution in [2.24, 2.45) is 0 Å². The minimum absolute atomic E-state index is 0.0918. The van der Waals surface area contributed by atoms with Crippen molar-refractivity contribution in [1.82, 2.24) is 14.5 Å². The second kappa shape index (κ2) is 8.75. The van der Waals surface area contributed by atoms with Crippen LogP contribution in [0.15, 0.2) is 59.0 Å². The number of carbonyl (C=O) groups is 1. The highest BCUT2D eigenvalue weighted by atomic mass is 32.1. The van der Waals surface area contributed by atoms with Crippen molar-refractivity contribution in [3.05, 3.63) is 91.8 Å². The zero-order chi connectivity index (χ0) is 23.8. The van der Waals surface area contributed by atoms with Gasteiger partial charge in [0.2, 0.25) is 5.95 Å². The zero-order valence-electron chi connectivity index (χ0n) is 18.9. The molecule has 0 saturated carbocycles. The number of benzene rings is 1. The number of hydrogen-bond acceptors (Lipinski definition) is 7. The normalized spacial score (nSPS) is 12.9. The van der Waals surface area contributed by atoms with Crippen molar-refractivity contribution in [2.45, 2.75) is 26.8 Å². The molecular formula is C25H24N6O2S. The summed E-state index contributed by atoms with van der Waals surface area (Å²) in [6, 6.07) is 11.1. The van der Waals surface area contributed by atoms with Crippen LogP contribution in [0.25, 0.3) is 5.69 Å². The average Bonchev–Trinajstić information content (AvgIpc) is 3.26. The molecule has 0 bridgehead atoms. The molecule has 1 aliphatic rings. The van der Waals surface area contributed by atoms with Gasteiger partial charge in [-0.05, 0) is 66.8 Å². The molecule has 172 valence electrons. The van der Waals surface area contributed by atoms with Crippen LogP contribution in [0.4, 0.5) is 17.3 Å². The molecule has 1 aromatic carbocycles. The lowest BCUT2D eigenvalue weighted by Gasteiger charge is -2.30. The van der Waals surface area contributed by atoms with E-state index >= 15 is 0 Å². The predicted octanol–water partition coefficient (Wildman–Crippen LogP) is 3.70. The number of rotatable bonds is 4. The highest BCUT2D eigenvalue weighted by Crippen LogP contribution is 2.25. The first-order chi connectivity index (χ1) is 16.4. The molecule has 4 heterocycles. The quantitative estimate of drug-likeness (QED) is 0.469. The number of hydrogen-bond donors (Lipinski definition) is 2. The van der Waals surface area contributed by atoms with Crippen molar-refractivity contribution in [3.8, 4) is 5.69 Å². The van der Waals surface area contributed by atoms with E-state index in [-0.39, 0.29) is 17.4 Å². The van der Waals surface area contributed by atoms with Gasteiger partial charge in [0.1, 0.15) is 5.69 Å². The molecule has 0 fully saturated rings. The second-order valence-corrected chi connectivity index (χ2v) is 9.24. The summed E-state index contributed by atoms with van der Waals surface area (Å²) in [5.74, 6) is 0.141. The fourth-order valence-electron chi connectivity index (χ4n) is 4.22. The number of anilines is 3. The number of thiophene rings is 1. The highest BCUT2D eigenvalue weighted by molar-refractivity contribution is 7.12. The summed E-state index contributed by atoms with van der Waals surface area (Å²) in [7, 11) is 0. The van der Waals surface area contributed by atoms with E-state index in [9.17, 15) is 9.59 Å². The van der Waals surface area contributed by atoms with Crippen LogP contribution in [0.2, 0.25) is 0 Å². The number of nitrogens with one attached hydrogen (secondary N) is 1. The van der Waals surface area contributed by atoms with Gasteiger partial charge in [0, 0.05) is 48.8 Å². The number of nitrogen functional groups attached to an aromatic ring is 1. The number of pyridine rings is 1. The van der Waals surface area contributed by atoms with Crippen LogP contribution in [0.1, 0.15) is 32.1 Å². The summed E-state index contributed by atoms with van der Waals surface area (Å²) >= 11 is 1.42. The largest absolute Gasteiger partial charge is 0.368 e. The summed E-state index contributed by atoms with van der Waals surface area (Å²) in [5, 5.41) is 4.82. The average molecular weight is 473 g/mol. The fraction of sp³-hybridized carbons (Fsp3) is 0.200. The van der Waals surface area contributed by atoms with Crippen LogP contribution >= 0.6 is 11.3 Å². The lowest BCUT2D eigenvalue weighted by molar-refractivity contribution is 0.103. The van der Waals surface area contributed by atoms with Gasteiger partial charge in [-0.2, -0.15) is 0 Å². The number of amides is 1. The minimum atomic E-state index is -0.133. The van der Waals surface area contributed by atoms with Gasteiger partial charge in [-0.15, -0.1) is 11.3 Å². The molecule has 3 N–H and O–H groups in total. The molecule has 0 unspecified atom stereocenters. The molecule has 0 radical (unpaired) electrons. The molecule has 4 aromatic rings. The van der Waals surface area contributed by atoms with E-state index in [4.69, 9.17) is 5.73 Å². The summed E-state index contributed by atoms with van der Waals surface area (Å²) in [5.41, 5.74) is 11.5. The van der Waals surface area contributed by atoms with E-state index < -0.39 is 0 Å². The van der Waals surface area contributed by atoms with E-state index in [0.717, 1.165) is 28.1 Å². The summed E-state index contributed by atoms with van der Waals surface area (Å²) in [4.78, 5) is 37.2. The predicted molar refractivity (Wildman–Crippen MR) is 135 cm³/mol. The standard InChI is InChI=1S/C25H24N6O2S/c1-15-7-11-31(19-5-3-18(4-6-19)28-23(32)22-16(2)9-12-34-22)24(33)21(15)30-10-8-20-17(14-30)13-27-25(26)29-20/h3-7,9,11-13H,8,10,14H2,1-2H3,(H,28,32)(H2,26,27,29). The molecule has 3 aromatic heterocycles. The fourth-order valence-corrected chi connectivity index (χ4v) is 5.04. The highest BCUT2D eigenvalue weighted by Gasteiger charge is 2.23. The maximum Gasteiger partial charge on any atom is 0.278 e. The molecule has 5 rings (SSSR count). The molecule has 0 aliphatic carbocycles. The number of aryl methyl sites for hydroxylation is 2. The molecule has 9 heteroatoms. The van der Waals surface area contributed by atoms with Crippen LogP contribution in [0, 0.1) is 13.8 Å². The lowest BCUT2D eigenvalue weighted by Crippen LogP contribution is -2.37. The van der Waals surface area contributed by atoms with E-state index in [2.05, 4.69) is 20.2 Å². The first-order valence-corrected chi connectivity index (χ1v) is 11.8. The number of fused-ring (bicyclic) bond motifs is 1. The molecule has 0 spiro atoms. The molecule has 0 atom stereocenters. The molecule has 1 aliphatic heterocycles. The molecular weight excluding hydrogens is 448 g/mol. The van der Waals surface area contributed by atoms with Crippen molar-refractivity contribution in [3.63, 3.8) is 0 Å². The maximum atomic E-state index is 13.5. The molecule has 0 saturated heterocycles. The van der Waals surface area contributed by atoms with Crippen LogP contribution in [0.5, 0.6) is 0 Å².